The maximum Gasteiger partial charge on any atom is 0.159 e. The quantitative estimate of drug-likeness (QED) is 0.475. The molecule has 2 heterocycles. The Balaban J connectivity index is 0.00000240. The zero-order valence-corrected chi connectivity index (χ0v) is 18.2. The van der Waals surface area contributed by atoms with Crippen LogP contribution in [-0.4, -0.2) is 30.7 Å². The van der Waals surface area contributed by atoms with Crippen LogP contribution in [0.5, 0.6) is 0 Å². The molecule has 0 radical (unpaired) electrons. The van der Waals surface area contributed by atoms with Crippen molar-refractivity contribution in [3.8, 4) is 0 Å². The van der Waals surface area contributed by atoms with Crippen molar-refractivity contribution >= 4 is 0 Å². The highest BCUT2D eigenvalue weighted by atomic mass is 79.9. The number of nitrogens with zero attached hydrogens (tertiary/aromatic N) is 1. The SMILES string of the molecule is C[N+]1(C)C2CCC1CC(CC(c1ccc(F)c(F)c1)c1ccc(F)c(F)c1)C2.[Br-]. The summed E-state index contributed by atoms with van der Waals surface area (Å²) in [6.45, 7) is 0. The first-order chi connectivity index (χ1) is 13.3. The number of halogens is 5. The molecule has 0 saturated carbocycles. The standard InChI is InChI=1S/C23H26F4N.BrH/c1-28(2)17-5-6-18(28)10-14(9-17)11-19(15-3-7-20(24)22(26)12-15)16-4-8-21(25)23(27)13-16;/h3-4,7-8,12-14,17-19H,5-6,9-11H2,1-2H3;1H/q+1;/p-1. The van der Waals surface area contributed by atoms with E-state index < -0.39 is 23.3 Å². The van der Waals surface area contributed by atoms with E-state index in [9.17, 15) is 17.6 Å². The molecule has 2 aromatic rings. The smallest absolute Gasteiger partial charge is 0.159 e. The third kappa shape index (κ3) is 4.24. The number of benzene rings is 2. The third-order valence-corrected chi connectivity index (χ3v) is 7.19. The molecule has 0 N–H and O–H groups in total. The average molecular weight is 472 g/mol. The number of quaternary nitrogens is 1. The van der Waals surface area contributed by atoms with Crippen LogP contribution in [0.25, 0.3) is 0 Å². The second kappa shape index (κ2) is 8.38. The van der Waals surface area contributed by atoms with Crippen LogP contribution in [0.2, 0.25) is 0 Å². The molecule has 0 spiro atoms. The number of fused-ring (bicyclic) bond motifs is 2. The Morgan fingerprint density at radius 1 is 0.793 bits per heavy atom. The fourth-order valence-electron chi connectivity index (χ4n) is 5.44. The van der Waals surface area contributed by atoms with Gasteiger partial charge in [-0.05, 0) is 47.7 Å². The van der Waals surface area contributed by atoms with E-state index >= 15 is 0 Å². The van der Waals surface area contributed by atoms with E-state index in [2.05, 4.69) is 14.1 Å². The minimum absolute atomic E-state index is 0. The summed E-state index contributed by atoms with van der Waals surface area (Å²) in [5.41, 5.74) is 1.22. The van der Waals surface area contributed by atoms with Crippen molar-refractivity contribution in [3.63, 3.8) is 0 Å². The Bertz CT molecular complexity index is 818. The lowest BCUT2D eigenvalue weighted by atomic mass is 9.78. The summed E-state index contributed by atoms with van der Waals surface area (Å²) in [6, 6.07) is 8.95. The Hall–Kier alpha value is -1.40. The van der Waals surface area contributed by atoms with Gasteiger partial charge in [-0.2, -0.15) is 0 Å². The Morgan fingerprint density at radius 3 is 1.66 bits per heavy atom. The van der Waals surface area contributed by atoms with Crippen LogP contribution in [0.4, 0.5) is 17.6 Å². The van der Waals surface area contributed by atoms with Crippen LogP contribution in [0.1, 0.15) is 49.1 Å². The Morgan fingerprint density at radius 2 is 1.24 bits per heavy atom. The molecule has 29 heavy (non-hydrogen) atoms. The maximum absolute atomic E-state index is 13.9. The van der Waals surface area contributed by atoms with Crippen molar-refractivity contribution in [1.82, 2.24) is 0 Å². The largest absolute Gasteiger partial charge is 1.00 e. The monoisotopic (exact) mass is 471 g/mol. The number of piperidine rings is 1. The number of rotatable bonds is 4. The highest BCUT2D eigenvalue weighted by molar-refractivity contribution is 5.34. The van der Waals surface area contributed by atoms with Crippen molar-refractivity contribution in [1.29, 1.82) is 0 Å². The Kier molecular flexibility index (Phi) is 6.44. The van der Waals surface area contributed by atoms with E-state index in [1.54, 1.807) is 12.1 Å². The van der Waals surface area contributed by atoms with Gasteiger partial charge in [0, 0.05) is 31.6 Å². The molecule has 2 unspecified atom stereocenters. The van der Waals surface area contributed by atoms with Gasteiger partial charge in [-0.1, -0.05) is 12.1 Å². The minimum atomic E-state index is -0.911. The summed E-state index contributed by atoms with van der Waals surface area (Å²) in [6.07, 6.45) is 5.31. The van der Waals surface area contributed by atoms with Crippen molar-refractivity contribution in [3.05, 3.63) is 70.8 Å². The van der Waals surface area contributed by atoms with E-state index in [4.69, 9.17) is 0 Å². The molecule has 2 fully saturated rings. The van der Waals surface area contributed by atoms with Crippen molar-refractivity contribution in [2.75, 3.05) is 14.1 Å². The van der Waals surface area contributed by atoms with Crippen molar-refractivity contribution in [2.24, 2.45) is 5.92 Å². The molecule has 2 saturated heterocycles. The van der Waals surface area contributed by atoms with Gasteiger partial charge in [0.25, 0.3) is 0 Å². The second-order valence-corrected chi connectivity index (χ2v) is 8.99. The van der Waals surface area contributed by atoms with E-state index in [1.165, 1.54) is 25.0 Å². The topological polar surface area (TPSA) is 0 Å². The second-order valence-electron chi connectivity index (χ2n) is 8.99. The minimum Gasteiger partial charge on any atom is -1.00 e. The van der Waals surface area contributed by atoms with Crippen LogP contribution in [0.3, 0.4) is 0 Å². The van der Waals surface area contributed by atoms with Gasteiger partial charge in [-0.25, -0.2) is 17.6 Å². The van der Waals surface area contributed by atoms with Crippen LogP contribution >= 0.6 is 0 Å². The molecule has 2 atom stereocenters. The lowest BCUT2D eigenvalue weighted by molar-refractivity contribution is -0.931. The van der Waals surface area contributed by atoms with Crippen LogP contribution in [-0.2, 0) is 0 Å². The molecular formula is C23H26BrF4N. The van der Waals surface area contributed by atoms with E-state index in [0.717, 1.165) is 35.9 Å². The molecule has 2 aliphatic heterocycles. The summed E-state index contributed by atoms with van der Waals surface area (Å²) in [5.74, 6) is -3.48. The molecule has 1 nitrogen and oxygen atoms in total. The molecular weight excluding hydrogens is 446 g/mol. The van der Waals surface area contributed by atoms with E-state index in [1.807, 2.05) is 0 Å². The van der Waals surface area contributed by atoms with Gasteiger partial charge in [0.2, 0.25) is 0 Å². The van der Waals surface area contributed by atoms with Gasteiger partial charge in [0.1, 0.15) is 0 Å². The summed E-state index contributed by atoms with van der Waals surface area (Å²) in [4.78, 5) is 0. The summed E-state index contributed by atoms with van der Waals surface area (Å²) >= 11 is 0. The predicted octanol–water partition coefficient (Wildman–Crippen LogP) is 2.79. The van der Waals surface area contributed by atoms with Crippen LogP contribution < -0.4 is 17.0 Å². The highest BCUT2D eigenvalue weighted by Gasteiger charge is 2.49. The first kappa shape index (κ1) is 22.3. The van der Waals surface area contributed by atoms with Gasteiger partial charge in [-0.3, -0.25) is 0 Å². The van der Waals surface area contributed by atoms with E-state index in [-0.39, 0.29) is 22.9 Å². The predicted molar refractivity (Wildman–Crippen MR) is 101 cm³/mol. The van der Waals surface area contributed by atoms with Gasteiger partial charge in [0.15, 0.2) is 23.3 Å². The molecule has 2 bridgehead atoms. The zero-order chi connectivity index (χ0) is 20.1. The Labute approximate surface area is 180 Å². The molecule has 4 rings (SSSR count). The molecule has 2 aliphatic rings. The lowest BCUT2D eigenvalue weighted by Gasteiger charge is -2.45. The third-order valence-electron chi connectivity index (χ3n) is 7.19. The van der Waals surface area contributed by atoms with E-state index in [0.29, 0.717) is 29.1 Å². The van der Waals surface area contributed by atoms with Crippen molar-refractivity contribution < 1.29 is 39.0 Å². The zero-order valence-electron chi connectivity index (χ0n) is 16.6. The van der Waals surface area contributed by atoms with Gasteiger partial charge < -0.3 is 21.5 Å². The van der Waals surface area contributed by atoms with Gasteiger partial charge in [0.05, 0.1) is 26.2 Å². The normalized spacial score (nSPS) is 25.1. The average Bonchev–Trinajstić information content (AvgIpc) is 2.82. The number of hydrogen-bond acceptors (Lipinski definition) is 0. The van der Waals surface area contributed by atoms with Crippen LogP contribution in [0, 0.1) is 29.2 Å². The molecule has 0 aromatic heterocycles. The first-order valence-corrected chi connectivity index (χ1v) is 9.99. The molecule has 0 amide bonds. The molecule has 158 valence electrons. The molecule has 2 aromatic carbocycles. The molecule has 6 heteroatoms. The lowest BCUT2D eigenvalue weighted by Crippen LogP contribution is -3.00. The van der Waals surface area contributed by atoms with Crippen LogP contribution in [0.15, 0.2) is 36.4 Å². The summed E-state index contributed by atoms with van der Waals surface area (Å²) in [7, 11) is 4.58. The first-order valence-electron chi connectivity index (χ1n) is 9.99. The number of hydrogen-bond donors (Lipinski definition) is 0. The highest BCUT2D eigenvalue weighted by Crippen LogP contribution is 2.46. The fraction of sp³-hybridized carbons (Fsp3) is 0.478. The summed E-state index contributed by atoms with van der Waals surface area (Å²) < 4.78 is 55.8. The van der Waals surface area contributed by atoms with Gasteiger partial charge >= 0.3 is 0 Å². The van der Waals surface area contributed by atoms with Gasteiger partial charge in [-0.15, -0.1) is 0 Å². The van der Waals surface area contributed by atoms with Crippen molar-refractivity contribution in [2.45, 2.75) is 50.1 Å². The molecule has 0 aliphatic carbocycles. The maximum atomic E-state index is 13.9. The summed E-state index contributed by atoms with van der Waals surface area (Å²) in [5, 5.41) is 0. The fourth-order valence-corrected chi connectivity index (χ4v) is 5.44.